The molecule has 2 N–H and O–H groups in total. The summed E-state index contributed by atoms with van der Waals surface area (Å²) in [5, 5.41) is 18.3. The second-order valence-electron chi connectivity index (χ2n) is 6.65. The highest BCUT2D eigenvalue weighted by Crippen LogP contribution is 2.27. The SMILES string of the molecule is Cc1nnc(-c2ccc3cnc(NC(=O)C(C)C4CNCCO4)cc3c2)s1. The third-order valence-corrected chi connectivity index (χ3v) is 5.56. The summed E-state index contributed by atoms with van der Waals surface area (Å²) in [6, 6.07) is 7.95. The van der Waals surface area contributed by atoms with Gasteiger partial charge in [0.2, 0.25) is 5.91 Å². The van der Waals surface area contributed by atoms with Crippen LogP contribution in [0.15, 0.2) is 30.5 Å². The summed E-state index contributed by atoms with van der Waals surface area (Å²) in [4.78, 5) is 16.9. The Labute approximate surface area is 161 Å². The summed E-state index contributed by atoms with van der Waals surface area (Å²) < 4.78 is 5.68. The summed E-state index contributed by atoms with van der Waals surface area (Å²) >= 11 is 1.56. The minimum Gasteiger partial charge on any atom is -0.375 e. The molecule has 1 fully saturated rings. The first-order valence-electron chi connectivity index (χ1n) is 8.93. The lowest BCUT2D eigenvalue weighted by Crippen LogP contribution is -2.45. The van der Waals surface area contributed by atoms with Crippen molar-refractivity contribution in [1.29, 1.82) is 0 Å². The Kier molecular flexibility index (Phi) is 5.11. The molecule has 2 aromatic heterocycles. The fourth-order valence-corrected chi connectivity index (χ4v) is 3.76. The van der Waals surface area contributed by atoms with Crippen molar-refractivity contribution in [2.24, 2.45) is 5.92 Å². The fraction of sp³-hybridized carbons (Fsp3) is 0.368. The second kappa shape index (κ2) is 7.67. The molecule has 2 unspecified atom stereocenters. The lowest BCUT2D eigenvalue weighted by molar-refractivity contribution is -0.125. The van der Waals surface area contributed by atoms with Crippen LogP contribution in [-0.4, -0.2) is 46.9 Å². The van der Waals surface area contributed by atoms with Gasteiger partial charge in [-0.25, -0.2) is 4.98 Å². The van der Waals surface area contributed by atoms with Crippen LogP contribution in [0.25, 0.3) is 21.3 Å². The predicted molar refractivity (Wildman–Crippen MR) is 106 cm³/mol. The lowest BCUT2D eigenvalue weighted by atomic mass is 10.0. The molecular formula is C19H21N5O2S. The highest BCUT2D eigenvalue weighted by atomic mass is 32.1. The molecule has 1 aromatic carbocycles. The largest absolute Gasteiger partial charge is 0.375 e. The number of nitrogens with zero attached hydrogens (tertiary/aromatic N) is 3. The van der Waals surface area contributed by atoms with Crippen LogP contribution in [0.1, 0.15) is 11.9 Å². The highest BCUT2D eigenvalue weighted by molar-refractivity contribution is 7.14. The van der Waals surface area contributed by atoms with Crippen LogP contribution in [0.2, 0.25) is 0 Å². The van der Waals surface area contributed by atoms with E-state index >= 15 is 0 Å². The molecule has 3 heterocycles. The van der Waals surface area contributed by atoms with Gasteiger partial charge in [-0.2, -0.15) is 0 Å². The van der Waals surface area contributed by atoms with Gasteiger partial charge in [-0.1, -0.05) is 30.4 Å². The number of hydrogen-bond acceptors (Lipinski definition) is 7. The molecule has 0 saturated carbocycles. The van der Waals surface area contributed by atoms with Crippen LogP contribution >= 0.6 is 11.3 Å². The molecule has 0 radical (unpaired) electrons. The van der Waals surface area contributed by atoms with Crippen LogP contribution in [-0.2, 0) is 9.53 Å². The van der Waals surface area contributed by atoms with E-state index < -0.39 is 0 Å². The Hall–Kier alpha value is -2.42. The Bertz CT molecular complexity index is 968. The average Bonchev–Trinajstić information content (AvgIpc) is 3.14. The first-order valence-corrected chi connectivity index (χ1v) is 9.75. The minimum atomic E-state index is -0.258. The molecule has 0 spiro atoms. The number of anilines is 1. The molecule has 2 atom stereocenters. The molecular weight excluding hydrogens is 362 g/mol. The highest BCUT2D eigenvalue weighted by Gasteiger charge is 2.26. The van der Waals surface area contributed by atoms with Gasteiger partial charge in [-0.3, -0.25) is 4.79 Å². The quantitative estimate of drug-likeness (QED) is 0.720. The molecule has 4 rings (SSSR count). The standard InChI is InChI=1S/C19H21N5O2S/c1-11(16-10-20-5-6-26-16)18(25)22-17-8-15-7-13(3-4-14(15)9-21-17)19-24-23-12(2)27-19/h3-4,7-9,11,16,20H,5-6,10H2,1-2H3,(H,21,22,25). The fourth-order valence-electron chi connectivity index (χ4n) is 3.07. The van der Waals surface area contributed by atoms with Crippen molar-refractivity contribution in [1.82, 2.24) is 20.5 Å². The number of hydrogen-bond donors (Lipinski definition) is 2. The van der Waals surface area contributed by atoms with Gasteiger partial charge in [-0.15, -0.1) is 10.2 Å². The van der Waals surface area contributed by atoms with Crippen molar-refractivity contribution < 1.29 is 9.53 Å². The van der Waals surface area contributed by atoms with Gasteiger partial charge < -0.3 is 15.4 Å². The number of carbonyl (C=O) groups is 1. The van der Waals surface area contributed by atoms with Gasteiger partial charge >= 0.3 is 0 Å². The summed E-state index contributed by atoms with van der Waals surface area (Å²) in [6.45, 7) is 5.96. The van der Waals surface area contributed by atoms with Gasteiger partial charge in [0, 0.05) is 30.2 Å². The van der Waals surface area contributed by atoms with Crippen molar-refractivity contribution in [3.63, 3.8) is 0 Å². The third-order valence-electron chi connectivity index (χ3n) is 4.67. The summed E-state index contributed by atoms with van der Waals surface area (Å²) in [7, 11) is 0. The van der Waals surface area contributed by atoms with Gasteiger partial charge in [0.1, 0.15) is 15.8 Å². The number of amides is 1. The number of aromatic nitrogens is 3. The predicted octanol–water partition coefficient (Wildman–Crippen LogP) is 2.62. The first kappa shape index (κ1) is 18.0. The van der Waals surface area contributed by atoms with E-state index in [4.69, 9.17) is 4.74 Å². The molecule has 0 aliphatic carbocycles. The molecule has 1 aliphatic rings. The van der Waals surface area contributed by atoms with Gasteiger partial charge in [-0.05, 0) is 24.4 Å². The monoisotopic (exact) mass is 383 g/mol. The Morgan fingerprint density at radius 2 is 2.22 bits per heavy atom. The maximum atomic E-state index is 12.6. The van der Waals surface area contributed by atoms with E-state index in [-0.39, 0.29) is 17.9 Å². The van der Waals surface area contributed by atoms with Gasteiger partial charge in [0.15, 0.2) is 0 Å². The molecule has 1 aliphatic heterocycles. The summed E-state index contributed by atoms with van der Waals surface area (Å²) in [5.74, 6) is 0.186. The summed E-state index contributed by atoms with van der Waals surface area (Å²) in [5.41, 5.74) is 1.01. The van der Waals surface area contributed by atoms with Gasteiger partial charge in [0.05, 0.1) is 18.6 Å². The maximum absolute atomic E-state index is 12.6. The zero-order valence-electron chi connectivity index (χ0n) is 15.2. The zero-order valence-corrected chi connectivity index (χ0v) is 16.0. The van der Waals surface area contributed by atoms with E-state index in [2.05, 4.69) is 25.8 Å². The van der Waals surface area contributed by atoms with Gasteiger partial charge in [0.25, 0.3) is 0 Å². The van der Waals surface area contributed by atoms with Crippen molar-refractivity contribution >= 4 is 33.8 Å². The van der Waals surface area contributed by atoms with E-state index in [1.54, 1.807) is 17.5 Å². The number of pyridine rings is 1. The van der Waals surface area contributed by atoms with Crippen LogP contribution in [0.3, 0.4) is 0 Å². The average molecular weight is 383 g/mol. The molecule has 7 nitrogen and oxygen atoms in total. The zero-order chi connectivity index (χ0) is 18.8. The van der Waals surface area contributed by atoms with Crippen molar-refractivity contribution in [2.75, 3.05) is 25.0 Å². The molecule has 3 aromatic rings. The molecule has 1 saturated heterocycles. The number of nitrogens with one attached hydrogen (secondary N) is 2. The van der Waals surface area contributed by atoms with E-state index in [1.165, 1.54) is 0 Å². The number of fused-ring (bicyclic) bond motifs is 1. The third kappa shape index (κ3) is 3.97. The molecule has 140 valence electrons. The number of ether oxygens (including phenoxy) is 1. The smallest absolute Gasteiger partial charge is 0.231 e. The van der Waals surface area contributed by atoms with Crippen LogP contribution < -0.4 is 10.6 Å². The lowest BCUT2D eigenvalue weighted by Gasteiger charge is -2.27. The summed E-state index contributed by atoms with van der Waals surface area (Å²) in [6.07, 6.45) is 1.65. The number of morpholine rings is 1. The van der Waals surface area contributed by atoms with E-state index in [0.29, 0.717) is 19.0 Å². The Morgan fingerprint density at radius 3 is 2.96 bits per heavy atom. The second-order valence-corrected chi connectivity index (χ2v) is 7.83. The number of carbonyl (C=O) groups excluding carboxylic acids is 1. The van der Waals surface area contributed by atoms with Crippen molar-refractivity contribution in [3.8, 4) is 10.6 Å². The van der Waals surface area contributed by atoms with Crippen LogP contribution in [0.4, 0.5) is 5.82 Å². The molecule has 0 bridgehead atoms. The number of aryl methyl sites for hydroxylation is 1. The first-order chi connectivity index (χ1) is 13.1. The normalized spacial score (nSPS) is 18.4. The Balaban J connectivity index is 1.54. The minimum absolute atomic E-state index is 0.0912. The molecule has 1 amide bonds. The topological polar surface area (TPSA) is 89.0 Å². The van der Waals surface area contributed by atoms with Crippen LogP contribution in [0, 0.1) is 12.8 Å². The van der Waals surface area contributed by atoms with Crippen molar-refractivity contribution in [3.05, 3.63) is 35.5 Å². The number of benzene rings is 1. The van der Waals surface area contributed by atoms with E-state index in [0.717, 1.165) is 32.9 Å². The van der Waals surface area contributed by atoms with E-state index in [1.807, 2.05) is 38.1 Å². The maximum Gasteiger partial charge on any atom is 0.231 e. The number of rotatable bonds is 4. The molecule has 8 heteroatoms. The van der Waals surface area contributed by atoms with Crippen LogP contribution in [0.5, 0.6) is 0 Å². The molecule has 27 heavy (non-hydrogen) atoms. The van der Waals surface area contributed by atoms with Crippen molar-refractivity contribution in [2.45, 2.75) is 20.0 Å². The Morgan fingerprint density at radius 1 is 1.33 bits per heavy atom. The van der Waals surface area contributed by atoms with E-state index in [9.17, 15) is 4.79 Å².